The molecule has 1 saturated heterocycles. The van der Waals surface area contributed by atoms with Gasteiger partial charge in [0.2, 0.25) is 5.91 Å². The van der Waals surface area contributed by atoms with E-state index in [2.05, 4.69) is 5.32 Å². The molecule has 0 bridgehead atoms. The molecule has 1 heterocycles. The van der Waals surface area contributed by atoms with E-state index in [1.54, 1.807) is 0 Å². The molecule has 1 aromatic carbocycles. The van der Waals surface area contributed by atoms with Crippen molar-refractivity contribution in [1.29, 1.82) is 0 Å². The highest BCUT2D eigenvalue weighted by atomic mass is 19.4. The van der Waals surface area contributed by atoms with Gasteiger partial charge >= 0.3 is 12.4 Å². The van der Waals surface area contributed by atoms with Crippen LogP contribution >= 0.6 is 0 Å². The van der Waals surface area contributed by atoms with E-state index in [-0.39, 0.29) is 24.2 Å². The molecule has 1 unspecified atom stereocenters. The minimum absolute atomic E-state index is 0.00262. The highest BCUT2D eigenvalue weighted by Crippen LogP contribution is 2.38. The largest absolute Gasteiger partial charge is 0.416 e. The van der Waals surface area contributed by atoms with E-state index in [9.17, 15) is 31.1 Å². The fraction of sp³-hybridized carbons (Fsp3) is 0.542. The van der Waals surface area contributed by atoms with Gasteiger partial charge in [0.05, 0.1) is 35.3 Å². The van der Waals surface area contributed by atoms with Crippen LogP contribution in [0, 0.1) is 5.92 Å². The monoisotopic (exact) mass is 492 g/mol. The molecule has 0 spiro atoms. The van der Waals surface area contributed by atoms with Gasteiger partial charge in [0, 0.05) is 6.54 Å². The zero-order chi connectivity index (χ0) is 25.6. The number of carbonyl (C=O) groups excluding carboxylic acids is 1. The minimum atomic E-state index is -4.93. The van der Waals surface area contributed by atoms with E-state index < -0.39 is 41.0 Å². The summed E-state index contributed by atoms with van der Waals surface area (Å²) in [5, 5.41) is 3.24. The Morgan fingerprint density at radius 3 is 2.21 bits per heavy atom. The number of benzene rings is 1. The van der Waals surface area contributed by atoms with Gasteiger partial charge in [0.15, 0.2) is 0 Å². The van der Waals surface area contributed by atoms with Crippen molar-refractivity contribution in [2.24, 2.45) is 11.7 Å². The number of nitrogens with one attached hydrogen (secondary N) is 1. The first kappa shape index (κ1) is 27.9. The summed E-state index contributed by atoms with van der Waals surface area (Å²) in [6.07, 6.45) is -0.612. The van der Waals surface area contributed by atoms with Crippen molar-refractivity contribution >= 4 is 5.91 Å². The number of alkyl halides is 6. The van der Waals surface area contributed by atoms with Crippen LogP contribution in [0.5, 0.6) is 0 Å². The van der Waals surface area contributed by atoms with Gasteiger partial charge in [-0.15, -0.1) is 0 Å². The first-order chi connectivity index (χ1) is 15.8. The van der Waals surface area contributed by atoms with Crippen LogP contribution in [0.4, 0.5) is 26.3 Å². The number of primary amides is 1. The molecule has 190 valence electrons. The first-order valence-corrected chi connectivity index (χ1v) is 11.0. The molecule has 1 aromatic rings. The number of hydrogen-bond donors (Lipinski definition) is 2. The predicted molar refractivity (Wildman–Crippen MR) is 117 cm³/mol. The van der Waals surface area contributed by atoms with Crippen molar-refractivity contribution in [3.8, 4) is 0 Å². The van der Waals surface area contributed by atoms with Crippen molar-refractivity contribution in [1.82, 2.24) is 5.32 Å². The number of allylic oxidation sites excluding steroid dienone is 3. The Morgan fingerprint density at radius 1 is 1.15 bits per heavy atom. The summed E-state index contributed by atoms with van der Waals surface area (Å²) >= 11 is 0. The summed E-state index contributed by atoms with van der Waals surface area (Å²) in [7, 11) is 0. The summed E-state index contributed by atoms with van der Waals surface area (Å²) in [4.78, 5) is 11.5. The van der Waals surface area contributed by atoms with Crippen LogP contribution in [-0.4, -0.2) is 24.6 Å². The Bertz CT molecular complexity index is 852. The molecule has 34 heavy (non-hydrogen) atoms. The Morgan fingerprint density at radius 2 is 1.74 bits per heavy atom. The van der Waals surface area contributed by atoms with Gasteiger partial charge in [-0.3, -0.25) is 4.79 Å². The summed E-state index contributed by atoms with van der Waals surface area (Å²) in [6, 6.07) is 1.45. The van der Waals surface area contributed by atoms with Gasteiger partial charge in [-0.2, -0.15) is 26.3 Å². The third-order valence-corrected chi connectivity index (χ3v) is 5.88. The molecule has 0 aromatic heterocycles. The highest BCUT2D eigenvalue weighted by molar-refractivity contribution is 5.77. The number of carbonyl (C=O) groups is 1. The SMILES string of the molecule is C/C=C\CC/C=C/[C@]1(COC(C)c2cc(C(F)(F)F)cc(C(F)(F)F)c2)CC[C@H](C(N)=O)CN1. The standard InChI is InChI=1S/C24H30F6N2O2/c1-3-4-5-6-7-9-22(10-8-17(14-32-22)21(31)33)15-34-16(2)18-11-19(23(25,26)27)13-20(12-18)24(28,29)30/h3-4,7,9,11-13,16-17,32H,5-6,8,10,14-15H2,1-2H3,(H2,31,33)/b4-3-,9-7+/t16?,17-,22+/m0/s1. The number of rotatable bonds is 9. The number of halogens is 6. The van der Waals surface area contributed by atoms with E-state index >= 15 is 0 Å². The normalized spacial score (nSPS) is 23.0. The second-order valence-electron chi connectivity index (χ2n) is 8.52. The van der Waals surface area contributed by atoms with Gasteiger partial charge in [-0.25, -0.2) is 0 Å². The Kier molecular flexibility index (Phi) is 9.36. The lowest BCUT2D eigenvalue weighted by molar-refractivity contribution is -0.143. The smallest absolute Gasteiger partial charge is 0.372 e. The summed E-state index contributed by atoms with van der Waals surface area (Å²) in [5.74, 6) is -0.795. The lowest BCUT2D eigenvalue weighted by atomic mass is 9.83. The van der Waals surface area contributed by atoms with Gasteiger partial charge < -0.3 is 15.8 Å². The lowest BCUT2D eigenvalue weighted by Gasteiger charge is -2.39. The molecule has 10 heteroatoms. The van der Waals surface area contributed by atoms with Crippen LogP contribution in [0.1, 0.15) is 62.3 Å². The molecular weight excluding hydrogens is 462 g/mol. The number of hydrogen-bond acceptors (Lipinski definition) is 3. The van der Waals surface area contributed by atoms with E-state index in [4.69, 9.17) is 10.5 Å². The van der Waals surface area contributed by atoms with Gasteiger partial charge in [0.1, 0.15) is 0 Å². The highest BCUT2D eigenvalue weighted by Gasteiger charge is 2.38. The second kappa shape index (κ2) is 11.4. The maximum Gasteiger partial charge on any atom is 0.416 e. The van der Waals surface area contributed by atoms with Crippen LogP contribution in [0.15, 0.2) is 42.5 Å². The molecule has 4 nitrogen and oxygen atoms in total. The van der Waals surface area contributed by atoms with Crippen molar-refractivity contribution < 1.29 is 35.9 Å². The third kappa shape index (κ3) is 7.87. The van der Waals surface area contributed by atoms with Crippen LogP contribution in [0.25, 0.3) is 0 Å². The maximum absolute atomic E-state index is 13.2. The van der Waals surface area contributed by atoms with Crippen molar-refractivity contribution in [3.05, 3.63) is 59.2 Å². The molecule has 1 aliphatic rings. The molecular formula is C24H30F6N2O2. The van der Waals surface area contributed by atoms with E-state index in [0.29, 0.717) is 31.5 Å². The third-order valence-electron chi connectivity index (χ3n) is 5.88. The number of nitrogens with two attached hydrogens (primary N) is 1. The van der Waals surface area contributed by atoms with Crippen LogP contribution < -0.4 is 11.1 Å². The number of ether oxygens (including phenoxy) is 1. The topological polar surface area (TPSA) is 64.3 Å². The minimum Gasteiger partial charge on any atom is -0.372 e. The molecule has 1 fully saturated rings. The zero-order valence-electron chi connectivity index (χ0n) is 19.1. The molecule has 3 N–H and O–H groups in total. The molecule has 0 saturated carbocycles. The van der Waals surface area contributed by atoms with Crippen LogP contribution in [0.3, 0.4) is 0 Å². The van der Waals surface area contributed by atoms with Gasteiger partial charge in [-0.1, -0.05) is 24.3 Å². The number of amides is 1. The van der Waals surface area contributed by atoms with Gasteiger partial charge in [0.25, 0.3) is 0 Å². The molecule has 1 amide bonds. The lowest BCUT2D eigenvalue weighted by Crippen LogP contribution is -2.55. The van der Waals surface area contributed by atoms with E-state index in [1.165, 1.54) is 6.92 Å². The van der Waals surface area contributed by atoms with E-state index in [1.807, 2.05) is 31.2 Å². The molecule has 0 radical (unpaired) electrons. The van der Waals surface area contributed by atoms with Crippen LogP contribution in [-0.2, 0) is 21.9 Å². The second-order valence-corrected chi connectivity index (χ2v) is 8.52. The summed E-state index contributed by atoms with van der Waals surface area (Å²) < 4.78 is 85.0. The Balaban J connectivity index is 2.23. The van der Waals surface area contributed by atoms with Crippen LogP contribution in [0.2, 0.25) is 0 Å². The van der Waals surface area contributed by atoms with E-state index in [0.717, 1.165) is 12.8 Å². The van der Waals surface area contributed by atoms with Crippen molar-refractivity contribution in [2.45, 2.75) is 63.5 Å². The quantitative estimate of drug-likeness (QED) is 0.255. The Hall–Kier alpha value is -2.33. The maximum atomic E-state index is 13.2. The van der Waals surface area contributed by atoms with Crippen molar-refractivity contribution in [2.75, 3.05) is 13.2 Å². The summed E-state index contributed by atoms with van der Waals surface area (Å²) in [6.45, 7) is 3.62. The molecule has 2 rings (SSSR count). The summed E-state index contributed by atoms with van der Waals surface area (Å²) in [5.41, 5.74) is 1.68. The predicted octanol–water partition coefficient (Wildman–Crippen LogP) is 5.94. The van der Waals surface area contributed by atoms with Gasteiger partial charge in [-0.05, 0) is 63.3 Å². The molecule has 0 aliphatic carbocycles. The first-order valence-electron chi connectivity index (χ1n) is 11.0. The number of unbranched alkanes of at least 4 members (excludes halogenated alkanes) is 1. The average molecular weight is 493 g/mol. The zero-order valence-corrected chi connectivity index (χ0v) is 19.1. The molecule has 3 atom stereocenters. The average Bonchev–Trinajstić information content (AvgIpc) is 2.76. The fourth-order valence-corrected chi connectivity index (χ4v) is 3.76. The van der Waals surface area contributed by atoms with Crippen molar-refractivity contribution in [3.63, 3.8) is 0 Å². The molecule has 1 aliphatic heterocycles. The fourth-order valence-electron chi connectivity index (χ4n) is 3.76. The Labute approximate surface area is 195 Å². The number of piperidine rings is 1.